The molecule has 0 radical (unpaired) electrons. The van der Waals surface area contributed by atoms with E-state index in [0.717, 1.165) is 28.5 Å². The molecule has 1 aromatic heterocycles. The molecule has 7 heteroatoms. The van der Waals surface area contributed by atoms with Crippen molar-refractivity contribution in [2.45, 2.75) is 11.3 Å². The molecule has 2 amide bonds. The first-order valence-electron chi connectivity index (χ1n) is 6.05. The Bertz CT molecular complexity index is 709. The maximum Gasteiger partial charge on any atom is 0.332 e. The Morgan fingerprint density at radius 3 is 3.10 bits per heavy atom. The maximum absolute atomic E-state index is 10.8. The van der Waals surface area contributed by atoms with Crippen LogP contribution in [0.5, 0.6) is 5.75 Å². The summed E-state index contributed by atoms with van der Waals surface area (Å²) in [4.78, 5) is 13.1. The average molecular weight is 307 g/mol. The number of hydrogen-bond acceptors (Lipinski definition) is 5. The largest absolute Gasteiger partial charge is 0.497 e. The lowest BCUT2D eigenvalue weighted by Crippen LogP contribution is -2.26. The van der Waals surface area contributed by atoms with Gasteiger partial charge in [-0.3, -0.25) is 0 Å². The monoisotopic (exact) mass is 307 g/mol. The van der Waals surface area contributed by atoms with Gasteiger partial charge in [-0.15, -0.1) is 23.1 Å². The smallest absolute Gasteiger partial charge is 0.332 e. The first kappa shape index (κ1) is 13.3. The Kier molecular flexibility index (Phi) is 3.54. The summed E-state index contributed by atoms with van der Waals surface area (Å²) in [5, 5.41) is 5.30. The SMILES string of the molecule is COc1ccc2sc3c(c2c1)SCCC3=NNC(N)=O. The van der Waals surface area contributed by atoms with E-state index in [0.29, 0.717) is 0 Å². The first-order chi connectivity index (χ1) is 9.69. The molecule has 0 saturated heterocycles. The van der Waals surface area contributed by atoms with Crippen LogP contribution in [0.1, 0.15) is 11.3 Å². The number of ether oxygens (including phenoxy) is 1. The third-order valence-electron chi connectivity index (χ3n) is 3.00. The summed E-state index contributed by atoms with van der Waals surface area (Å²) in [6, 6.07) is 5.41. The fraction of sp³-hybridized carbons (Fsp3) is 0.231. The molecule has 20 heavy (non-hydrogen) atoms. The molecule has 0 spiro atoms. The molecule has 0 bridgehead atoms. The standard InChI is InChI=1S/C13H13N3O2S2/c1-18-7-2-3-10-8(6-7)11-12(20-10)9(4-5-19-11)15-16-13(14)17/h2-3,6H,4-5H2,1H3,(H3,14,16,17). The van der Waals surface area contributed by atoms with Gasteiger partial charge in [-0.25, -0.2) is 10.2 Å². The van der Waals surface area contributed by atoms with Crippen molar-refractivity contribution in [2.24, 2.45) is 10.8 Å². The summed E-state index contributed by atoms with van der Waals surface area (Å²) in [6.07, 6.45) is 0.821. The summed E-state index contributed by atoms with van der Waals surface area (Å²) in [5.74, 6) is 1.79. The van der Waals surface area contributed by atoms with E-state index in [4.69, 9.17) is 10.5 Å². The molecule has 1 aliphatic rings. The van der Waals surface area contributed by atoms with Crippen molar-refractivity contribution in [3.8, 4) is 5.75 Å². The van der Waals surface area contributed by atoms with Crippen LogP contribution < -0.4 is 15.9 Å². The highest BCUT2D eigenvalue weighted by Crippen LogP contribution is 2.43. The molecule has 0 unspecified atom stereocenters. The normalized spacial score (nSPS) is 16.1. The van der Waals surface area contributed by atoms with Crippen molar-refractivity contribution in [2.75, 3.05) is 12.9 Å². The Morgan fingerprint density at radius 2 is 2.35 bits per heavy atom. The zero-order chi connectivity index (χ0) is 14.1. The van der Waals surface area contributed by atoms with E-state index in [2.05, 4.69) is 16.6 Å². The summed E-state index contributed by atoms with van der Waals surface area (Å²) in [6.45, 7) is 0. The number of amides is 2. The molecular weight excluding hydrogens is 294 g/mol. The maximum atomic E-state index is 10.8. The van der Waals surface area contributed by atoms with Crippen LogP contribution in [0, 0.1) is 0 Å². The highest BCUT2D eigenvalue weighted by molar-refractivity contribution is 7.99. The topological polar surface area (TPSA) is 76.7 Å². The van der Waals surface area contributed by atoms with Gasteiger partial charge in [-0.1, -0.05) is 0 Å². The van der Waals surface area contributed by atoms with E-state index in [9.17, 15) is 4.79 Å². The van der Waals surface area contributed by atoms with Gasteiger partial charge in [0.25, 0.3) is 0 Å². The Morgan fingerprint density at radius 1 is 1.50 bits per heavy atom. The Hall–Kier alpha value is -1.73. The lowest BCUT2D eigenvalue weighted by Gasteiger charge is -2.13. The molecule has 1 aromatic carbocycles. The van der Waals surface area contributed by atoms with Gasteiger partial charge < -0.3 is 10.5 Å². The summed E-state index contributed by atoms with van der Waals surface area (Å²) in [7, 11) is 1.66. The molecule has 3 rings (SSSR count). The highest BCUT2D eigenvalue weighted by atomic mass is 32.2. The van der Waals surface area contributed by atoms with E-state index in [1.54, 1.807) is 18.4 Å². The van der Waals surface area contributed by atoms with Crippen LogP contribution in [0.2, 0.25) is 0 Å². The van der Waals surface area contributed by atoms with Crippen molar-refractivity contribution >= 4 is 44.9 Å². The average Bonchev–Trinajstić information content (AvgIpc) is 2.83. The quantitative estimate of drug-likeness (QED) is 0.838. The van der Waals surface area contributed by atoms with Crippen LogP contribution in [-0.4, -0.2) is 24.6 Å². The van der Waals surface area contributed by atoms with Crippen molar-refractivity contribution in [3.05, 3.63) is 23.1 Å². The van der Waals surface area contributed by atoms with E-state index < -0.39 is 6.03 Å². The second-order valence-corrected chi connectivity index (χ2v) is 6.41. The number of nitrogens with two attached hydrogens (primary N) is 1. The number of carbonyl (C=O) groups excluding carboxylic acids is 1. The summed E-state index contributed by atoms with van der Waals surface area (Å²) in [5.41, 5.74) is 8.28. The molecule has 1 aliphatic heterocycles. The Labute approximate surface area is 124 Å². The van der Waals surface area contributed by atoms with E-state index >= 15 is 0 Å². The highest BCUT2D eigenvalue weighted by Gasteiger charge is 2.22. The number of thiophene rings is 1. The molecular formula is C13H13N3O2S2. The van der Waals surface area contributed by atoms with Crippen molar-refractivity contribution in [1.82, 2.24) is 5.43 Å². The van der Waals surface area contributed by atoms with E-state index in [1.807, 2.05) is 23.9 Å². The van der Waals surface area contributed by atoms with Crippen LogP contribution in [0.3, 0.4) is 0 Å². The third-order valence-corrected chi connectivity index (χ3v) is 5.47. The zero-order valence-corrected chi connectivity index (χ0v) is 12.4. The second-order valence-electron chi connectivity index (χ2n) is 4.26. The van der Waals surface area contributed by atoms with Crippen LogP contribution in [-0.2, 0) is 0 Å². The predicted molar refractivity (Wildman–Crippen MR) is 83.0 cm³/mol. The van der Waals surface area contributed by atoms with Crippen molar-refractivity contribution < 1.29 is 9.53 Å². The number of hydrazone groups is 1. The number of nitrogens with one attached hydrogen (secondary N) is 1. The predicted octanol–water partition coefficient (Wildman–Crippen LogP) is 2.78. The molecule has 104 valence electrons. The second kappa shape index (κ2) is 5.34. The molecule has 2 aromatic rings. The Balaban J connectivity index is 2.10. The number of thioether (sulfide) groups is 1. The number of hydrogen-bond donors (Lipinski definition) is 2. The number of carbonyl (C=O) groups is 1. The fourth-order valence-electron chi connectivity index (χ4n) is 2.11. The lowest BCUT2D eigenvalue weighted by atomic mass is 10.2. The summed E-state index contributed by atoms with van der Waals surface area (Å²) < 4.78 is 6.47. The number of nitrogens with zero attached hydrogens (tertiary/aromatic N) is 1. The van der Waals surface area contributed by atoms with Crippen molar-refractivity contribution in [3.63, 3.8) is 0 Å². The number of primary amides is 1. The van der Waals surface area contributed by atoms with E-state index in [1.165, 1.54) is 15.0 Å². The minimum Gasteiger partial charge on any atom is -0.497 e. The van der Waals surface area contributed by atoms with Crippen LogP contribution >= 0.6 is 23.1 Å². The van der Waals surface area contributed by atoms with Gasteiger partial charge >= 0.3 is 6.03 Å². The number of rotatable bonds is 2. The third kappa shape index (κ3) is 2.34. The van der Waals surface area contributed by atoms with E-state index in [-0.39, 0.29) is 0 Å². The van der Waals surface area contributed by atoms with Gasteiger partial charge in [-0.05, 0) is 18.2 Å². The molecule has 2 heterocycles. The first-order valence-corrected chi connectivity index (χ1v) is 7.85. The molecule has 0 saturated carbocycles. The molecule has 0 fully saturated rings. The number of benzene rings is 1. The molecule has 0 aliphatic carbocycles. The van der Waals surface area contributed by atoms with Gasteiger partial charge in [0.05, 0.1) is 17.7 Å². The van der Waals surface area contributed by atoms with Crippen LogP contribution in [0.4, 0.5) is 4.79 Å². The minimum atomic E-state index is -0.639. The van der Waals surface area contributed by atoms with Gasteiger partial charge in [0.1, 0.15) is 5.75 Å². The number of urea groups is 1. The van der Waals surface area contributed by atoms with Gasteiger partial charge in [0.15, 0.2) is 0 Å². The molecule has 5 nitrogen and oxygen atoms in total. The molecule has 3 N–H and O–H groups in total. The number of fused-ring (bicyclic) bond motifs is 3. The lowest BCUT2D eigenvalue weighted by molar-refractivity contribution is 0.249. The fourth-order valence-corrected chi connectivity index (χ4v) is 4.64. The van der Waals surface area contributed by atoms with Gasteiger partial charge in [-0.2, -0.15) is 5.10 Å². The molecule has 0 atom stereocenters. The van der Waals surface area contributed by atoms with Gasteiger partial charge in [0.2, 0.25) is 0 Å². The zero-order valence-electron chi connectivity index (χ0n) is 10.8. The van der Waals surface area contributed by atoms with Crippen LogP contribution in [0.25, 0.3) is 10.1 Å². The van der Waals surface area contributed by atoms with Gasteiger partial charge in [0, 0.05) is 27.2 Å². The van der Waals surface area contributed by atoms with Crippen molar-refractivity contribution in [1.29, 1.82) is 0 Å². The minimum absolute atomic E-state index is 0.639. The van der Waals surface area contributed by atoms with Crippen LogP contribution in [0.15, 0.2) is 28.2 Å². The number of methoxy groups -OCH3 is 1. The summed E-state index contributed by atoms with van der Waals surface area (Å²) >= 11 is 3.49.